The molecule has 12 heteroatoms. The Bertz CT molecular complexity index is 915. The van der Waals surface area contributed by atoms with Crippen LogP contribution in [0.5, 0.6) is 0 Å². The number of carbonyl (C=O) groups excluding carboxylic acids is 5. The lowest BCUT2D eigenvalue weighted by atomic mass is 9.97. The van der Waals surface area contributed by atoms with Gasteiger partial charge in [0.15, 0.2) is 24.6 Å². The highest BCUT2D eigenvalue weighted by Gasteiger charge is 2.56. The SMILES string of the molecule is COC(=O)c1ccc[n+](C2OC(COC(C)=O)C(OC(C)=O)C(OC(C)=O)C2OC(C)=O)c1. The highest BCUT2D eigenvalue weighted by Crippen LogP contribution is 2.32. The van der Waals surface area contributed by atoms with Crippen LogP contribution in [0.15, 0.2) is 24.5 Å². The molecule has 0 aliphatic carbocycles. The Morgan fingerprint density at radius 1 is 0.879 bits per heavy atom. The normalized spacial score (nSPS) is 24.2. The summed E-state index contributed by atoms with van der Waals surface area (Å²) in [6.45, 7) is 4.23. The van der Waals surface area contributed by atoms with Gasteiger partial charge in [-0.3, -0.25) is 19.2 Å². The number of ether oxygens (including phenoxy) is 6. The minimum atomic E-state index is -1.32. The van der Waals surface area contributed by atoms with Crippen molar-refractivity contribution in [3.63, 3.8) is 0 Å². The molecule has 12 nitrogen and oxygen atoms in total. The Morgan fingerprint density at radius 2 is 1.45 bits per heavy atom. The minimum Gasteiger partial charge on any atom is -0.465 e. The van der Waals surface area contributed by atoms with Crippen LogP contribution in [0, 0.1) is 0 Å². The molecule has 0 amide bonds. The Balaban J connectivity index is 2.58. The summed E-state index contributed by atoms with van der Waals surface area (Å²) in [5.41, 5.74) is 0.160. The number of hydrogen-bond acceptors (Lipinski definition) is 11. The number of methoxy groups -OCH3 is 1. The third kappa shape index (κ3) is 6.97. The molecule has 0 radical (unpaired) electrons. The van der Waals surface area contributed by atoms with Crippen LogP contribution in [0.25, 0.3) is 0 Å². The maximum absolute atomic E-state index is 12.0. The summed E-state index contributed by atoms with van der Waals surface area (Å²) in [7, 11) is 1.22. The Labute approximate surface area is 189 Å². The second-order valence-corrected chi connectivity index (χ2v) is 7.12. The maximum atomic E-state index is 12.0. The van der Waals surface area contributed by atoms with Crippen LogP contribution in [0.3, 0.4) is 0 Å². The van der Waals surface area contributed by atoms with Gasteiger partial charge in [-0.1, -0.05) is 0 Å². The van der Waals surface area contributed by atoms with Gasteiger partial charge in [0.25, 0.3) is 0 Å². The molecule has 5 atom stereocenters. The predicted molar refractivity (Wildman–Crippen MR) is 105 cm³/mol. The van der Waals surface area contributed by atoms with Gasteiger partial charge in [-0.05, 0) is 6.07 Å². The van der Waals surface area contributed by atoms with Gasteiger partial charge in [-0.15, -0.1) is 0 Å². The Kier molecular flexibility index (Phi) is 8.85. The first kappa shape index (κ1) is 25.7. The zero-order valence-electron chi connectivity index (χ0n) is 18.8. The second-order valence-electron chi connectivity index (χ2n) is 7.12. The molecule has 1 fully saturated rings. The van der Waals surface area contributed by atoms with Gasteiger partial charge >= 0.3 is 36.1 Å². The van der Waals surface area contributed by atoms with Gasteiger partial charge in [0.1, 0.15) is 18.3 Å². The molecule has 2 heterocycles. The van der Waals surface area contributed by atoms with Gasteiger partial charge < -0.3 is 28.4 Å². The van der Waals surface area contributed by atoms with Crippen LogP contribution < -0.4 is 4.57 Å². The summed E-state index contributed by atoms with van der Waals surface area (Å²) in [4.78, 5) is 58.9. The third-order valence-electron chi connectivity index (χ3n) is 4.50. The van der Waals surface area contributed by atoms with E-state index < -0.39 is 60.5 Å². The summed E-state index contributed by atoms with van der Waals surface area (Å²) in [6.07, 6.45) is -3.23. The number of pyridine rings is 1. The molecule has 1 saturated heterocycles. The van der Waals surface area contributed by atoms with Crippen molar-refractivity contribution in [2.45, 2.75) is 58.3 Å². The average Bonchev–Trinajstić information content (AvgIpc) is 2.73. The van der Waals surface area contributed by atoms with E-state index in [-0.39, 0.29) is 12.2 Å². The first-order chi connectivity index (χ1) is 15.5. The van der Waals surface area contributed by atoms with E-state index in [0.717, 1.165) is 20.8 Å². The van der Waals surface area contributed by atoms with E-state index in [9.17, 15) is 24.0 Å². The summed E-state index contributed by atoms with van der Waals surface area (Å²) in [5, 5.41) is 0. The van der Waals surface area contributed by atoms with Crippen molar-refractivity contribution in [1.82, 2.24) is 0 Å². The summed E-state index contributed by atoms with van der Waals surface area (Å²) < 4.78 is 33.3. The molecular weight excluding hydrogens is 442 g/mol. The predicted octanol–water partition coefficient (Wildman–Crippen LogP) is 0.0163. The first-order valence-electron chi connectivity index (χ1n) is 9.93. The van der Waals surface area contributed by atoms with E-state index in [1.165, 1.54) is 43.1 Å². The highest BCUT2D eigenvalue weighted by atomic mass is 16.7. The van der Waals surface area contributed by atoms with Crippen LogP contribution in [0.2, 0.25) is 0 Å². The van der Waals surface area contributed by atoms with Crippen LogP contribution >= 0.6 is 0 Å². The molecule has 0 aromatic carbocycles. The summed E-state index contributed by atoms with van der Waals surface area (Å²) in [5.74, 6) is -3.45. The lowest BCUT2D eigenvalue weighted by Gasteiger charge is -2.41. The van der Waals surface area contributed by atoms with E-state index >= 15 is 0 Å². The zero-order valence-corrected chi connectivity index (χ0v) is 18.8. The van der Waals surface area contributed by atoms with E-state index in [2.05, 4.69) is 0 Å². The van der Waals surface area contributed by atoms with Crippen LogP contribution in [-0.2, 0) is 47.6 Å². The summed E-state index contributed by atoms with van der Waals surface area (Å²) >= 11 is 0. The molecule has 33 heavy (non-hydrogen) atoms. The van der Waals surface area contributed by atoms with Gasteiger partial charge in [0.05, 0.1) is 7.11 Å². The molecule has 0 spiro atoms. The molecule has 0 saturated carbocycles. The smallest absolute Gasteiger partial charge is 0.343 e. The summed E-state index contributed by atoms with van der Waals surface area (Å²) in [6, 6.07) is 3.02. The number of rotatable bonds is 7. The zero-order chi connectivity index (χ0) is 24.7. The van der Waals surface area contributed by atoms with Crippen molar-refractivity contribution in [2.24, 2.45) is 0 Å². The number of hydrogen-bond donors (Lipinski definition) is 0. The number of aromatic nitrogens is 1. The lowest BCUT2D eigenvalue weighted by molar-refractivity contribution is -0.777. The molecule has 180 valence electrons. The molecule has 0 N–H and O–H groups in total. The van der Waals surface area contributed by atoms with E-state index in [1.807, 2.05) is 0 Å². The number of esters is 5. The third-order valence-corrected chi connectivity index (χ3v) is 4.50. The standard InChI is InChI=1S/C21H26NO11/c1-11(23)29-10-16-17(30-12(2)24)18(31-13(3)25)19(32-14(4)26)20(33-16)22-8-6-7-15(9-22)21(27)28-5/h6-9,16-20H,10H2,1-5H3/q+1. The molecule has 0 bridgehead atoms. The quantitative estimate of drug-likeness (QED) is 0.303. The van der Waals surface area contributed by atoms with E-state index in [0.29, 0.717) is 0 Å². The minimum absolute atomic E-state index is 0.160. The van der Waals surface area contributed by atoms with Crippen molar-refractivity contribution >= 4 is 29.8 Å². The molecular formula is C21H26NO11+. The van der Waals surface area contributed by atoms with Gasteiger partial charge in [0, 0.05) is 33.8 Å². The van der Waals surface area contributed by atoms with Crippen LogP contribution in [-0.4, -0.2) is 68.0 Å². The van der Waals surface area contributed by atoms with Gasteiger partial charge in [-0.2, -0.15) is 4.57 Å². The molecule has 1 aliphatic heterocycles. The highest BCUT2D eigenvalue weighted by molar-refractivity contribution is 5.88. The van der Waals surface area contributed by atoms with Crippen molar-refractivity contribution in [3.8, 4) is 0 Å². The number of nitrogens with zero attached hydrogens (tertiary/aromatic N) is 1. The average molecular weight is 468 g/mol. The van der Waals surface area contributed by atoms with Crippen molar-refractivity contribution in [3.05, 3.63) is 30.1 Å². The molecule has 2 rings (SSSR count). The Morgan fingerprint density at radius 3 is 2.00 bits per heavy atom. The molecule has 1 aliphatic rings. The Hall–Kier alpha value is -3.54. The number of carbonyl (C=O) groups is 5. The maximum Gasteiger partial charge on any atom is 0.343 e. The first-order valence-corrected chi connectivity index (χ1v) is 9.93. The van der Waals surface area contributed by atoms with Gasteiger partial charge in [0.2, 0.25) is 6.10 Å². The van der Waals surface area contributed by atoms with Crippen molar-refractivity contribution < 1.29 is 57.0 Å². The van der Waals surface area contributed by atoms with E-state index in [1.54, 1.807) is 0 Å². The monoisotopic (exact) mass is 468 g/mol. The van der Waals surface area contributed by atoms with Crippen molar-refractivity contribution in [1.29, 1.82) is 0 Å². The van der Waals surface area contributed by atoms with Crippen LogP contribution in [0.1, 0.15) is 44.3 Å². The van der Waals surface area contributed by atoms with Crippen LogP contribution in [0.4, 0.5) is 0 Å². The molecule has 1 aromatic rings. The van der Waals surface area contributed by atoms with Gasteiger partial charge in [-0.25, -0.2) is 4.79 Å². The van der Waals surface area contributed by atoms with E-state index in [4.69, 9.17) is 28.4 Å². The largest absolute Gasteiger partial charge is 0.465 e. The fourth-order valence-corrected chi connectivity index (χ4v) is 3.34. The second kappa shape index (κ2) is 11.4. The molecule has 5 unspecified atom stereocenters. The fourth-order valence-electron chi connectivity index (χ4n) is 3.34. The lowest BCUT2D eigenvalue weighted by Crippen LogP contribution is -2.65. The fraction of sp³-hybridized carbons (Fsp3) is 0.524. The van der Waals surface area contributed by atoms with Crippen molar-refractivity contribution in [2.75, 3.05) is 13.7 Å². The molecule has 1 aromatic heterocycles. The topological polar surface area (TPSA) is 145 Å².